The van der Waals surface area contributed by atoms with Crippen LogP contribution in [0.2, 0.25) is 0 Å². The van der Waals surface area contributed by atoms with Gasteiger partial charge in [-0.2, -0.15) is 14.4 Å². The first-order chi connectivity index (χ1) is 14.5. The Morgan fingerprint density at radius 1 is 1.33 bits per heavy atom. The van der Waals surface area contributed by atoms with Gasteiger partial charge < -0.3 is 19.7 Å². The van der Waals surface area contributed by atoms with E-state index in [1.807, 2.05) is 0 Å². The molecular formula is C18H18FN5O6. The molecular weight excluding hydrogens is 401 g/mol. The predicted molar refractivity (Wildman–Crippen MR) is 99.2 cm³/mol. The molecule has 30 heavy (non-hydrogen) atoms. The molecule has 1 aliphatic rings. The summed E-state index contributed by atoms with van der Waals surface area (Å²) in [5.74, 6) is -0.0459. The standard InChI is InChI=1S/C18H18FN5O6/c19-18-21-16-15(20-9-23(16)14-7-12(26)13(8-25)30-14)17(22-18)29-6-5-10-1-3-11(4-2-10)24(27)28/h1-4,9,12-14,25-26H,5-8H2/t12-,13+,14+/m0/s1. The molecule has 0 saturated carbocycles. The zero-order chi connectivity index (χ0) is 21.3. The minimum atomic E-state index is -1.01. The van der Waals surface area contributed by atoms with Crippen molar-refractivity contribution in [1.82, 2.24) is 19.5 Å². The Hall–Kier alpha value is -3.22. The molecule has 4 rings (SSSR count). The molecule has 1 fully saturated rings. The van der Waals surface area contributed by atoms with Gasteiger partial charge in [-0.3, -0.25) is 14.7 Å². The summed E-state index contributed by atoms with van der Waals surface area (Å²) >= 11 is 0. The predicted octanol–water partition coefficient (Wildman–Crippen LogP) is 1.14. The molecule has 1 aromatic carbocycles. The molecule has 2 aromatic heterocycles. The van der Waals surface area contributed by atoms with Crippen molar-refractivity contribution >= 4 is 16.9 Å². The van der Waals surface area contributed by atoms with Crippen molar-refractivity contribution in [1.29, 1.82) is 0 Å². The molecule has 11 nitrogen and oxygen atoms in total. The van der Waals surface area contributed by atoms with E-state index < -0.39 is 29.4 Å². The average molecular weight is 419 g/mol. The SMILES string of the molecule is O=[N+]([O-])c1ccc(CCOc2nc(F)nc3c2ncn3[C@H]2C[C@H](O)[C@@H](CO)O2)cc1. The highest BCUT2D eigenvalue weighted by Gasteiger charge is 2.35. The van der Waals surface area contributed by atoms with Gasteiger partial charge in [0.2, 0.25) is 5.88 Å². The quantitative estimate of drug-likeness (QED) is 0.327. The van der Waals surface area contributed by atoms with Crippen molar-refractivity contribution in [2.75, 3.05) is 13.2 Å². The monoisotopic (exact) mass is 419 g/mol. The summed E-state index contributed by atoms with van der Waals surface area (Å²) < 4.78 is 26.6. The summed E-state index contributed by atoms with van der Waals surface area (Å²) in [6, 6.07) is 6.03. The highest BCUT2D eigenvalue weighted by atomic mass is 19.1. The van der Waals surface area contributed by atoms with E-state index in [0.717, 1.165) is 5.56 Å². The van der Waals surface area contributed by atoms with Crippen LogP contribution in [0.3, 0.4) is 0 Å². The lowest BCUT2D eigenvalue weighted by molar-refractivity contribution is -0.384. The third-order valence-electron chi connectivity index (χ3n) is 4.83. The smallest absolute Gasteiger partial charge is 0.314 e. The third kappa shape index (κ3) is 3.92. The molecule has 0 spiro atoms. The van der Waals surface area contributed by atoms with Crippen LogP contribution in [0.25, 0.3) is 11.2 Å². The number of nitrogens with zero attached hydrogens (tertiary/aromatic N) is 5. The number of benzene rings is 1. The minimum absolute atomic E-state index is 0.00697. The summed E-state index contributed by atoms with van der Waals surface area (Å²) in [5.41, 5.74) is 1.17. The number of aromatic nitrogens is 4. The van der Waals surface area contributed by atoms with Crippen molar-refractivity contribution in [3.8, 4) is 5.88 Å². The van der Waals surface area contributed by atoms with Gasteiger partial charge in [0.25, 0.3) is 5.69 Å². The fraction of sp³-hybridized carbons (Fsp3) is 0.389. The molecule has 1 aliphatic heterocycles. The van der Waals surface area contributed by atoms with Crippen LogP contribution >= 0.6 is 0 Å². The minimum Gasteiger partial charge on any atom is -0.476 e. The second-order valence-corrected chi connectivity index (χ2v) is 6.76. The van der Waals surface area contributed by atoms with Crippen LogP contribution in [0, 0.1) is 16.2 Å². The number of rotatable bonds is 7. The van der Waals surface area contributed by atoms with Gasteiger partial charge in [-0.05, 0) is 5.56 Å². The van der Waals surface area contributed by atoms with Crippen LogP contribution in [0.4, 0.5) is 10.1 Å². The molecule has 0 unspecified atom stereocenters. The molecule has 3 heterocycles. The molecule has 0 radical (unpaired) electrons. The van der Waals surface area contributed by atoms with E-state index >= 15 is 0 Å². The number of nitro groups is 1. The number of non-ortho nitro benzene ring substituents is 1. The van der Waals surface area contributed by atoms with Gasteiger partial charge in [0.05, 0.1) is 30.6 Å². The van der Waals surface area contributed by atoms with Crippen LogP contribution in [0.15, 0.2) is 30.6 Å². The lowest BCUT2D eigenvalue weighted by atomic mass is 10.1. The van der Waals surface area contributed by atoms with Gasteiger partial charge in [-0.1, -0.05) is 12.1 Å². The molecule has 2 N–H and O–H groups in total. The molecule has 12 heteroatoms. The normalized spacial score (nSPS) is 21.2. The van der Waals surface area contributed by atoms with E-state index in [9.17, 15) is 24.7 Å². The number of hydrogen-bond donors (Lipinski definition) is 2. The van der Waals surface area contributed by atoms with Gasteiger partial charge >= 0.3 is 6.08 Å². The number of hydrogen-bond acceptors (Lipinski definition) is 9. The Morgan fingerprint density at radius 3 is 2.77 bits per heavy atom. The Balaban J connectivity index is 1.49. The second kappa shape index (κ2) is 8.26. The van der Waals surface area contributed by atoms with Crippen LogP contribution in [0.5, 0.6) is 5.88 Å². The molecule has 158 valence electrons. The zero-order valence-electron chi connectivity index (χ0n) is 15.6. The first-order valence-corrected chi connectivity index (χ1v) is 9.17. The number of aliphatic hydroxyl groups excluding tert-OH is 2. The van der Waals surface area contributed by atoms with Crippen molar-refractivity contribution in [3.63, 3.8) is 0 Å². The lowest BCUT2D eigenvalue weighted by Gasteiger charge is -2.13. The zero-order valence-corrected chi connectivity index (χ0v) is 15.6. The maximum absolute atomic E-state index is 14.0. The van der Waals surface area contributed by atoms with Gasteiger partial charge in [-0.15, -0.1) is 0 Å². The fourth-order valence-corrected chi connectivity index (χ4v) is 3.28. The van der Waals surface area contributed by atoms with Crippen molar-refractivity contribution in [2.24, 2.45) is 0 Å². The summed E-state index contributed by atoms with van der Waals surface area (Å²) in [6.45, 7) is -0.202. The molecule has 0 aliphatic carbocycles. The first kappa shape index (κ1) is 20.1. The van der Waals surface area contributed by atoms with Gasteiger partial charge in [-0.25, -0.2) is 4.98 Å². The maximum atomic E-state index is 14.0. The van der Waals surface area contributed by atoms with E-state index in [4.69, 9.17) is 9.47 Å². The van der Waals surface area contributed by atoms with Gasteiger partial charge in [0.15, 0.2) is 11.2 Å². The van der Waals surface area contributed by atoms with Gasteiger partial charge in [0.1, 0.15) is 12.3 Å². The van der Waals surface area contributed by atoms with Crippen molar-refractivity contribution in [3.05, 3.63) is 52.3 Å². The number of halogens is 1. The number of nitro benzene ring substituents is 1. The fourth-order valence-electron chi connectivity index (χ4n) is 3.28. The first-order valence-electron chi connectivity index (χ1n) is 9.17. The highest BCUT2D eigenvalue weighted by Crippen LogP contribution is 2.32. The van der Waals surface area contributed by atoms with E-state index in [1.165, 1.54) is 23.0 Å². The van der Waals surface area contributed by atoms with E-state index in [1.54, 1.807) is 12.1 Å². The topological polar surface area (TPSA) is 146 Å². The average Bonchev–Trinajstić information content (AvgIpc) is 3.31. The maximum Gasteiger partial charge on any atom is 0.314 e. The molecule has 0 amide bonds. The van der Waals surface area contributed by atoms with E-state index in [0.29, 0.717) is 6.42 Å². The highest BCUT2D eigenvalue weighted by molar-refractivity contribution is 5.76. The Morgan fingerprint density at radius 2 is 2.10 bits per heavy atom. The van der Waals surface area contributed by atoms with Crippen molar-refractivity contribution in [2.45, 2.75) is 31.3 Å². The summed E-state index contributed by atoms with van der Waals surface area (Å²) in [5, 5.41) is 29.9. The van der Waals surface area contributed by atoms with Crippen LogP contribution in [-0.2, 0) is 11.2 Å². The Labute approximate surface area is 168 Å². The van der Waals surface area contributed by atoms with Crippen molar-refractivity contribution < 1.29 is 29.0 Å². The number of imidazole rings is 1. The largest absolute Gasteiger partial charge is 0.476 e. The Kier molecular flexibility index (Phi) is 5.53. The van der Waals surface area contributed by atoms with E-state index in [-0.39, 0.29) is 42.4 Å². The molecule has 3 atom stereocenters. The second-order valence-electron chi connectivity index (χ2n) is 6.76. The summed E-state index contributed by atoms with van der Waals surface area (Å²) in [7, 11) is 0. The summed E-state index contributed by atoms with van der Waals surface area (Å²) in [4.78, 5) is 21.8. The number of aliphatic hydroxyl groups is 2. The summed E-state index contributed by atoms with van der Waals surface area (Å²) in [6.07, 6.45) is -1.27. The van der Waals surface area contributed by atoms with Crippen LogP contribution < -0.4 is 4.74 Å². The third-order valence-corrected chi connectivity index (χ3v) is 4.83. The van der Waals surface area contributed by atoms with E-state index in [2.05, 4.69) is 15.0 Å². The molecule has 1 saturated heterocycles. The molecule has 0 bridgehead atoms. The molecule has 3 aromatic rings. The lowest BCUT2D eigenvalue weighted by Crippen LogP contribution is -2.24. The van der Waals surface area contributed by atoms with Crippen LogP contribution in [0.1, 0.15) is 18.2 Å². The Bertz CT molecular complexity index is 1060. The van der Waals surface area contributed by atoms with Crippen LogP contribution in [-0.4, -0.2) is 60.1 Å². The number of fused-ring (bicyclic) bond motifs is 1. The number of ether oxygens (including phenoxy) is 2. The van der Waals surface area contributed by atoms with Gasteiger partial charge in [0, 0.05) is 25.0 Å².